The lowest BCUT2D eigenvalue weighted by atomic mass is 10.1. The first-order valence-corrected chi connectivity index (χ1v) is 3.81. The number of carbonyl (C=O) groups excluding carboxylic acids is 1. The highest BCUT2D eigenvalue weighted by Gasteiger charge is 2.14. The molecule has 0 aliphatic heterocycles. The molecule has 70 valence electrons. The molecular formula is C8H16N2O2. The van der Waals surface area contributed by atoms with Crippen LogP contribution in [0, 0.1) is 0 Å². The Labute approximate surface area is 72.7 Å². The lowest BCUT2D eigenvalue weighted by Gasteiger charge is -2.17. The number of hydrogen-bond acceptors (Lipinski definition) is 3. The van der Waals surface area contributed by atoms with E-state index >= 15 is 0 Å². The number of amides is 1. The minimum Gasteiger partial charge on any atom is -0.389 e. The molecule has 1 amide bonds. The minimum atomic E-state index is -0.871. The van der Waals surface area contributed by atoms with E-state index in [4.69, 9.17) is 0 Å². The van der Waals surface area contributed by atoms with E-state index in [2.05, 4.69) is 10.3 Å². The van der Waals surface area contributed by atoms with E-state index in [-0.39, 0.29) is 12.5 Å². The van der Waals surface area contributed by atoms with Crippen LogP contribution in [-0.4, -0.2) is 35.9 Å². The summed E-state index contributed by atoms with van der Waals surface area (Å²) >= 11 is 0. The van der Waals surface area contributed by atoms with Crippen LogP contribution in [0.25, 0.3) is 0 Å². The number of rotatable bonds is 3. The zero-order valence-electron chi connectivity index (χ0n) is 8.01. The maximum Gasteiger partial charge on any atom is 0.264 e. The van der Waals surface area contributed by atoms with E-state index in [1.165, 1.54) is 0 Å². The predicted octanol–water partition coefficient (Wildman–Crippen LogP) is -0.0358. The van der Waals surface area contributed by atoms with Crippen LogP contribution >= 0.6 is 0 Å². The normalized spacial score (nSPS) is 12.9. The van der Waals surface area contributed by atoms with Gasteiger partial charge in [-0.1, -0.05) is 0 Å². The smallest absolute Gasteiger partial charge is 0.264 e. The Bertz CT molecular complexity index is 192. The summed E-state index contributed by atoms with van der Waals surface area (Å²) in [7, 11) is 1.55. The zero-order chi connectivity index (χ0) is 9.78. The summed E-state index contributed by atoms with van der Waals surface area (Å²) in [6.07, 6.45) is 0. The van der Waals surface area contributed by atoms with Gasteiger partial charge in [0.25, 0.3) is 5.91 Å². The molecule has 0 atom stereocenters. The lowest BCUT2D eigenvalue weighted by molar-refractivity contribution is -0.115. The molecule has 0 unspecified atom stereocenters. The highest BCUT2D eigenvalue weighted by atomic mass is 16.3. The Balaban J connectivity index is 3.89. The summed E-state index contributed by atoms with van der Waals surface area (Å²) in [5, 5.41) is 11.8. The van der Waals surface area contributed by atoms with Crippen LogP contribution in [0.15, 0.2) is 4.99 Å². The van der Waals surface area contributed by atoms with Crippen molar-refractivity contribution in [2.45, 2.75) is 26.4 Å². The van der Waals surface area contributed by atoms with Gasteiger partial charge in [-0.25, -0.2) is 0 Å². The first-order chi connectivity index (χ1) is 5.37. The zero-order valence-corrected chi connectivity index (χ0v) is 8.01. The SMILES string of the molecule is CN=C(C)C(=O)NCC(C)(C)O. The second-order valence-electron chi connectivity index (χ2n) is 3.30. The summed E-state index contributed by atoms with van der Waals surface area (Å²) in [4.78, 5) is 14.8. The monoisotopic (exact) mass is 172 g/mol. The van der Waals surface area contributed by atoms with Crippen molar-refractivity contribution in [2.24, 2.45) is 4.99 Å². The molecule has 0 rings (SSSR count). The average Bonchev–Trinajstić information content (AvgIpc) is 1.97. The molecule has 0 heterocycles. The molecule has 0 radical (unpaired) electrons. The molecular weight excluding hydrogens is 156 g/mol. The van der Waals surface area contributed by atoms with Gasteiger partial charge in [0.1, 0.15) is 0 Å². The van der Waals surface area contributed by atoms with Gasteiger partial charge in [0, 0.05) is 13.6 Å². The van der Waals surface area contributed by atoms with Gasteiger partial charge >= 0.3 is 0 Å². The third kappa shape index (κ3) is 4.85. The van der Waals surface area contributed by atoms with Crippen LogP contribution < -0.4 is 5.32 Å². The van der Waals surface area contributed by atoms with Crippen LogP contribution in [-0.2, 0) is 4.79 Å². The van der Waals surface area contributed by atoms with E-state index in [0.717, 1.165) is 0 Å². The van der Waals surface area contributed by atoms with Gasteiger partial charge < -0.3 is 10.4 Å². The molecule has 0 aliphatic rings. The molecule has 12 heavy (non-hydrogen) atoms. The summed E-state index contributed by atoms with van der Waals surface area (Å²) in [6, 6.07) is 0. The van der Waals surface area contributed by atoms with Gasteiger partial charge in [0.15, 0.2) is 0 Å². The van der Waals surface area contributed by atoms with Crippen molar-refractivity contribution in [2.75, 3.05) is 13.6 Å². The molecule has 4 heteroatoms. The number of aliphatic imine (C=N–C) groups is 1. The largest absolute Gasteiger partial charge is 0.389 e. The average molecular weight is 172 g/mol. The van der Waals surface area contributed by atoms with Crippen molar-refractivity contribution in [3.05, 3.63) is 0 Å². The van der Waals surface area contributed by atoms with Gasteiger partial charge in [-0.2, -0.15) is 0 Å². The van der Waals surface area contributed by atoms with E-state index in [1.54, 1.807) is 27.8 Å². The first kappa shape index (κ1) is 11.1. The Morgan fingerprint density at radius 3 is 2.42 bits per heavy atom. The van der Waals surface area contributed by atoms with Crippen molar-refractivity contribution < 1.29 is 9.90 Å². The number of nitrogens with one attached hydrogen (secondary N) is 1. The molecule has 0 aromatic carbocycles. The van der Waals surface area contributed by atoms with Crippen LogP contribution in [0.4, 0.5) is 0 Å². The van der Waals surface area contributed by atoms with Crippen LogP contribution in [0.5, 0.6) is 0 Å². The molecule has 0 aromatic heterocycles. The van der Waals surface area contributed by atoms with Crippen LogP contribution in [0.1, 0.15) is 20.8 Å². The Hall–Kier alpha value is -0.900. The van der Waals surface area contributed by atoms with Crippen molar-refractivity contribution in [1.82, 2.24) is 5.32 Å². The maximum atomic E-state index is 11.1. The Morgan fingerprint density at radius 2 is 2.08 bits per heavy atom. The van der Waals surface area contributed by atoms with Crippen molar-refractivity contribution in [3.8, 4) is 0 Å². The van der Waals surface area contributed by atoms with Gasteiger partial charge in [0.05, 0.1) is 11.3 Å². The van der Waals surface area contributed by atoms with Crippen molar-refractivity contribution in [3.63, 3.8) is 0 Å². The van der Waals surface area contributed by atoms with Gasteiger partial charge in [-0.05, 0) is 20.8 Å². The number of aliphatic hydroxyl groups is 1. The minimum absolute atomic E-state index is 0.235. The second-order valence-corrected chi connectivity index (χ2v) is 3.30. The summed E-state index contributed by atoms with van der Waals surface area (Å²) in [5.41, 5.74) is -0.455. The van der Waals surface area contributed by atoms with E-state index < -0.39 is 5.60 Å². The number of hydrogen-bond donors (Lipinski definition) is 2. The molecule has 0 bridgehead atoms. The quantitative estimate of drug-likeness (QED) is 0.587. The van der Waals surface area contributed by atoms with E-state index in [9.17, 15) is 9.90 Å². The van der Waals surface area contributed by atoms with E-state index in [1.807, 2.05) is 0 Å². The Kier molecular flexibility index (Phi) is 3.89. The highest BCUT2D eigenvalue weighted by molar-refractivity contribution is 6.37. The predicted molar refractivity (Wildman–Crippen MR) is 48.3 cm³/mol. The van der Waals surface area contributed by atoms with E-state index in [0.29, 0.717) is 5.71 Å². The van der Waals surface area contributed by atoms with Gasteiger partial charge in [0.2, 0.25) is 0 Å². The lowest BCUT2D eigenvalue weighted by Crippen LogP contribution is -2.40. The maximum absolute atomic E-state index is 11.1. The number of nitrogens with zero attached hydrogens (tertiary/aromatic N) is 1. The molecule has 0 aliphatic carbocycles. The fourth-order valence-electron chi connectivity index (χ4n) is 0.526. The molecule has 4 nitrogen and oxygen atoms in total. The topological polar surface area (TPSA) is 61.7 Å². The summed E-state index contributed by atoms with van der Waals surface area (Å²) < 4.78 is 0. The third-order valence-corrected chi connectivity index (χ3v) is 1.35. The fourth-order valence-corrected chi connectivity index (χ4v) is 0.526. The molecule has 0 saturated carbocycles. The molecule has 0 fully saturated rings. The van der Waals surface area contributed by atoms with Crippen LogP contribution in [0.2, 0.25) is 0 Å². The molecule has 0 saturated heterocycles. The standard InChI is InChI=1S/C8H16N2O2/c1-6(9-4)7(11)10-5-8(2,3)12/h12H,5H2,1-4H3,(H,10,11). The second kappa shape index (κ2) is 4.21. The first-order valence-electron chi connectivity index (χ1n) is 3.81. The van der Waals surface area contributed by atoms with Crippen molar-refractivity contribution >= 4 is 11.6 Å². The Morgan fingerprint density at radius 1 is 1.58 bits per heavy atom. The third-order valence-electron chi connectivity index (χ3n) is 1.35. The van der Waals surface area contributed by atoms with Crippen molar-refractivity contribution in [1.29, 1.82) is 0 Å². The number of carbonyl (C=O) groups is 1. The fraction of sp³-hybridized carbons (Fsp3) is 0.750. The molecule has 0 spiro atoms. The molecule has 2 N–H and O–H groups in total. The van der Waals surface area contributed by atoms with Crippen LogP contribution in [0.3, 0.4) is 0 Å². The molecule has 0 aromatic rings. The summed E-state index contributed by atoms with van der Waals surface area (Å²) in [6.45, 7) is 5.12. The highest BCUT2D eigenvalue weighted by Crippen LogP contribution is 1.96. The van der Waals surface area contributed by atoms with Gasteiger partial charge in [-0.3, -0.25) is 9.79 Å². The summed E-state index contributed by atoms with van der Waals surface area (Å²) in [5.74, 6) is -0.236. The van der Waals surface area contributed by atoms with Gasteiger partial charge in [-0.15, -0.1) is 0 Å².